The summed E-state index contributed by atoms with van der Waals surface area (Å²) in [5.74, 6) is 0. The van der Waals surface area contributed by atoms with Gasteiger partial charge in [-0.05, 0) is 59.0 Å². The van der Waals surface area contributed by atoms with Crippen LogP contribution in [0.1, 0.15) is 23.6 Å². The van der Waals surface area contributed by atoms with Crippen molar-refractivity contribution in [1.82, 2.24) is 4.98 Å². The molecule has 0 aliphatic heterocycles. The van der Waals surface area contributed by atoms with E-state index in [1.165, 1.54) is 22.1 Å². The topological polar surface area (TPSA) is 12.9 Å². The van der Waals surface area contributed by atoms with Gasteiger partial charge in [-0.2, -0.15) is 0 Å². The number of rotatable bonds is 1. The number of aromatic nitrogens is 1. The number of hydrogen-bond acceptors (Lipinski definition) is 1. The van der Waals surface area contributed by atoms with Crippen LogP contribution in [0.4, 0.5) is 0 Å². The Balaban J connectivity index is 2.86. The van der Waals surface area contributed by atoms with Gasteiger partial charge in [-0.15, -0.1) is 0 Å². The minimum Gasteiger partial charge on any atom is -0.240 e. The second-order valence-corrected chi connectivity index (χ2v) is 4.64. The quantitative estimate of drug-likeness (QED) is 0.704. The van der Waals surface area contributed by atoms with Crippen LogP contribution in [0.3, 0.4) is 0 Å². The summed E-state index contributed by atoms with van der Waals surface area (Å²) in [6, 6.07) is 6.53. The number of pyridine rings is 1. The van der Waals surface area contributed by atoms with E-state index in [1.54, 1.807) is 0 Å². The fourth-order valence-electron chi connectivity index (χ4n) is 1.80. The molecule has 0 saturated carbocycles. The maximum atomic E-state index is 4.62. The van der Waals surface area contributed by atoms with Crippen LogP contribution in [-0.4, -0.2) is 4.98 Å². The summed E-state index contributed by atoms with van der Waals surface area (Å²) in [6.07, 6.45) is 1.01. The molecule has 2 aromatic rings. The van der Waals surface area contributed by atoms with E-state index in [2.05, 4.69) is 59.9 Å². The smallest absolute Gasteiger partial charge is 0.110 e. The van der Waals surface area contributed by atoms with Crippen LogP contribution in [0.2, 0.25) is 0 Å². The summed E-state index contributed by atoms with van der Waals surface area (Å²) in [7, 11) is 0. The van der Waals surface area contributed by atoms with Crippen LogP contribution in [0.25, 0.3) is 10.9 Å². The summed E-state index contributed by atoms with van der Waals surface area (Å²) in [6.45, 7) is 6.39. The molecule has 2 rings (SSSR count). The normalized spacial score (nSPS) is 10.9. The summed E-state index contributed by atoms with van der Waals surface area (Å²) in [5.41, 5.74) is 4.92. The molecule has 0 saturated heterocycles. The number of halogens is 1. The molecule has 1 nitrogen and oxygen atoms in total. The molecule has 0 N–H and O–H groups in total. The Kier molecular flexibility index (Phi) is 2.79. The summed E-state index contributed by atoms with van der Waals surface area (Å²) >= 11 is 3.53. The highest BCUT2D eigenvalue weighted by Crippen LogP contribution is 2.25. The van der Waals surface area contributed by atoms with Gasteiger partial charge < -0.3 is 0 Å². The zero-order valence-corrected chi connectivity index (χ0v) is 10.9. The van der Waals surface area contributed by atoms with Crippen molar-refractivity contribution < 1.29 is 0 Å². The predicted octanol–water partition coefficient (Wildman–Crippen LogP) is 4.18. The molecule has 0 aliphatic carbocycles. The monoisotopic (exact) mass is 263 g/mol. The standard InChI is InChI=1S/C13H14BrN/c1-4-10-7-11-8(2)5-6-9(3)12(11)15-13(10)14/h5-7H,4H2,1-3H3. The van der Waals surface area contributed by atoms with Crippen LogP contribution in [-0.2, 0) is 6.42 Å². The Hall–Kier alpha value is -0.890. The molecule has 0 amide bonds. The fourth-order valence-corrected chi connectivity index (χ4v) is 2.37. The highest BCUT2D eigenvalue weighted by atomic mass is 79.9. The lowest BCUT2D eigenvalue weighted by atomic mass is 10.0. The maximum absolute atomic E-state index is 4.62. The first-order valence-electron chi connectivity index (χ1n) is 5.18. The van der Waals surface area contributed by atoms with Gasteiger partial charge in [-0.3, -0.25) is 0 Å². The van der Waals surface area contributed by atoms with Crippen molar-refractivity contribution in [3.8, 4) is 0 Å². The summed E-state index contributed by atoms with van der Waals surface area (Å²) < 4.78 is 0.978. The highest BCUT2D eigenvalue weighted by molar-refractivity contribution is 9.10. The lowest BCUT2D eigenvalue weighted by molar-refractivity contribution is 1.09. The Morgan fingerprint density at radius 1 is 1.20 bits per heavy atom. The van der Waals surface area contributed by atoms with Gasteiger partial charge in [0.05, 0.1) is 5.52 Å². The molecule has 0 spiro atoms. The van der Waals surface area contributed by atoms with Crippen molar-refractivity contribution in [2.24, 2.45) is 0 Å². The minimum absolute atomic E-state index is 0.978. The van der Waals surface area contributed by atoms with Crippen molar-refractivity contribution in [2.45, 2.75) is 27.2 Å². The molecule has 1 aromatic carbocycles. The molecule has 0 radical (unpaired) electrons. The Bertz CT molecular complexity index is 517. The first kappa shape index (κ1) is 10.6. The van der Waals surface area contributed by atoms with E-state index in [0.29, 0.717) is 0 Å². The van der Waals surface area contributed by atoms with Crippen molar-refractivity contribution in [2.75, 3.05) is 0 Å². The average molecular weight is 264 g/mol. The minimum atomic E-state index is 0.978. The number of hydrogen-bond donors (Lipinski definition) is 0. The highest BCUT2D eigenvalue weighted by Gasteiger charge is 2.06. The van der Waals surface area contributed by atoms with Crippen LogP contribution >= 0.6 is 15.9 Å². The van der Waals surface area contributed by atoms with Crippen molar-refractivity contribution >= 4 is 26.8 Å². The zero-order chi connectivity index (χ0) is 11.0. The van der Waals surface area contributed by atoms with E-state index in [4.69, 9.17) is 0 Å². The largest absolute Gasteiger partial charge is 0.240 e. The van der Waals surface area contributed by atoms with E-state index < -0.39 is 0 Å². The average Bonchev–Trinajstić information content (AvgIpc) is 2.23. The molecular formula is C13H14BrN. The Morgan fingerprint density at radius 2 is 1.87 bits per heavy atom. The van der Waals surface area contributed by atoms with E-state index in [1.807, 2.05) is 0 Å². The van der Waals surface area contributed by atoms with Gasteiger partial charge in [0.2, 0.25) is 0 Å². The molecule has 0 atom stereocenters. The number of nitrogens with zero attached hydrogens (tertiary/aromatic N) is 1. The zero-order valence-electron chi connectivity index (χ0n) is 9.26. The van der Waals surface area contributed by atoms with Crippen molar-refractivity contribution in [3.05, 3.63) is 39.5 Å². The predicted molar refractivity (Wildman–Crippen MR) is 68.3 cm³/mol. The van der Waals surface area contributed by atoms with E-state index in [9.17, 15) is 0 Å². The third kappa shape index (κ3) is 1.78. The third-order valence-corrected chi connectivity index (χ3v) is 3.50. The second kappa shape index (κ2) is 3.93. The van der Waals surface area contributed by atoms with E-state index in [-0.39, 0.29) is 0 Å². The lowest BCUT2D eigenvalue weighted by Gasteiger charge is -2.08. The van der Waals surface area contributed by atoms with Crippen molar-refractivity contribution in [3.63, 3.8) is 0 Å². The molecular weight excluding hydrogens is 250 g/mol. The van der Waals surface area contributed by atoms with Crippen LogP contribution in [0, 0.1) is 13.8 Å². The fraction of sp³-hybridized carbons (Fsp3) is 0.308. The van der Waals surface area contributed by atoms with Crippen LogP contribution in [0.5, 0.6) is 0 Å². The van der Waals surface area contributed by atoms with Crippen molar-refractivity contribution in [1.29, 1.82) is 0 Å². The molecule has 15 heavy (non-hydrogen) atoms. The summed E-state index contributed by atoms with van der Waals surface area (Å²) in [4.78, 5) is 4.62. The SMILES string of the molecule is CCc1cc2c(C)ccc(C)c2nc1Br. The van der Waals surface area contributed by atoms with Gasteiger partial charge in [0, 0.05) is 5.39 Å². The summed E-state index contributed by atoms with van der Waals surface area (Å²) in [5, 5.41) is 1.27. The molecule has 0 aliphatic rings. The van der Waals surface area contributed by atoms with Gasteiger partial charge in [-0.1, -0.05) is 19.1 Å². The van der Waals surface area contributed by atoms with Crippen LogP contribution in [0.15, 0.2) is 22.8 Å². The van der Waals surface area contributed by atoms with E-state index in [0.717, 1.165) is 16.5 Å². The Morgan fingerprint density at radius 3 is 2.53 bits per heavy atom. The molecule has 0 fully saturated rings. The number of benzene rings is 1. The first-order chi connectivity index (χ1) is 7.13. The molecule has 1 aromatic heterocycles. The van der Waals surface area contributed by atoms with Gasteiger partial charge in [0.1, 0.15) is 4.60 Å². The maximum Gasteiger partial charge on any atom is 0.110 e. The number of fused-ring (bicyclic) bond motifs is 1. The van der Waals surface area contributed by atoms with Crippen LogP contribution < -0.4 is 0 Å². The lowest BCUT2D eigenvalue weighted by Crippen LogP contribution is -1.92. The molecule has 0 bridgehead atoms. The van der Waals surface area contributed by atoms with Gasteiger partial charge in [0.15, 0.2) is 0 Å². The number of aryl methyl sites for hydroxylation is 3. The Labute approximate surface area is 98.7 Å². The van der Waals surface area contributed by atoms with Gasteiger partial charge in [0.25, 0.3) is 0 Å². The molecule has 1 heterocycles. The van der Waals surface area contributed by atoms with Gasteiger partial charge >= 0.3 is 0 Å². The molecule has 78 valence electrons. The second-order valence-electron chi connectivity index (χ2n) is 3.89. The molecule has 0 unspecified atom stereocenters. The molecule has 2 heteroatoms. The van der Waals surface area contributed by atoms with Gasteiger partial charge in [-0.25, -0.2) is 4.98 Å². The van der Waals surface area contributed by atoms with E-state index >= 15 is 0 Å². The third-order valence-electron chi connectivity index (χ3n) is 2.81. The first-order valence-corrected chi connectivity index (χ1v) is 5.98.